The Morgan fingerprint density at radius 3 is 2.33 bits per heavy atom. The zero-order valence-corrected chi connectivity index (χ0v) is 11.9. The van der Waals surface area contributed by atoms with Gasteiger partial charge in [-0.05, 0) is 43.9 Å². The first-order valence-corrected chi connectivity index (χ1v) is 6.69. The van der Waals surface area contributed by atoms with E-state index in [1.165, 1.54) is 5.56 Å². The first-order chi connectivity index (χ1) is 8.60. The Labute approximate surface area is 110 Å². The largest absolute Gasteiger partial charge is 0.493 e. The SMILES string of the molecule is CCC(CC)Oc1cc(CC(C)N)ccc1OC. The van der Waals surface area contributed by atoms with Crippen molar-refractivity contribution in [3.63, 3.8) is 0 Å². The van der Waals surface area contributed by atoms with Crippen LogP contribution in [0.3, 0.4) is 0 Å². The zero-order chi connectivity index (χ0) is 13.5. The molecule has 1 unspecified atom stereocenters. The molecule has 0 aliphatic carbocycles. The van der Waals surface area contributed by atoms with Gasteiger partial charge in [-0.25, -0.2) is 0 Å². The molecule has 0 fully saturated rings. The van der Waals surface area contributed by atoms with Crippen LogP contribution in [0.5, 0.6) is 11.5 Å². The fourth-order valence-electron chi connectivity index (χ4n) is 1.95. The molecule has 0 aromatic heterocycles. The summed E-state index contributed by atoms with van der Waals surface area (Å²) in [6, 6.07) is 6.19. The second-order valence-corrected chi connectivity index (χ2v) is 4.72. The molecule has 1 aromatic carbocycles. The van der Waals surface area contributed by atoms with Crippen LogP contribution in [0, 0.1) is 0 Å². The predicted molar refractivity (Wildman–Crippen MR) is 75.3 cm³/mol. The topological polar surface area (TPSA) is 44.5 Å². The molecule has 0 amide bonds. The minimum atomic E-state index is 0.152. The van der Waals surface area contributed by atoms with Gasteiger partial charge in [-0.2, -0.15) is 0 Å². The first-order valence-electron chi connectivity index (χ1n) is 6.69. The Kier molecular flexibility index (Phi) is 5.99. The number of methoxy groups -OCH3 is 1. The zero-order valence-electron chi connectivity index (χ0n) is 11.9. The van der Waals surface area contributed by atoms with Crippen LogP contribution in [0.2, 0.25) is 0 Å². The molecule has 0 aliphatic rings. The number of rotatable bonds is 7. The molecule has 0 bridgehead atoms. The van der Waals surface area contributed by atoms with E-state index in [9.17, 15) is 0 Å². The van der Waals surface area contributed by atoms with Crippen LogP contribution >= 0.6 is 0 Å². The second-order valence-electron chi connectivity index (χ2n) is 4.72. The van der Waals surface area contributed by atoms with E-state index < -0.39 is 0 Å². The van der Waals surface area contributed by atoms with Crippen molar-refractivity contribution < 1.29 is 9.47 Å². The smallest absolute Gasteiger partial charge is 0.161 e. The van der Waals surface area contributed by atoms with Crippen molar-refractivity contribution in [2.24, 2.45) is 5.73 Å². The summed E-state index contributed by atoms with van der Waals surface area (Å²) in [7, 11) is 1.67. The molecule has 0 radical (unpaired) electrons. The lowest BCUT2D eigenvalue weighted by Gasteiger charge is -2.19. The second kappa shape index (κ2) is 7.27. The number of ether oxygens (including phenoxy) is 2. The quantitative estimate of drug-likeness (QED) is 0.809. The van der Waals surface area contributed by atoms with Gasteiger partial charge in [-0.15, -0.1) is 0 Å². The van der Waals surface area contributed by atoms with Gasteiger partial charge in [0.2, 0.25) is 0 Å². The van der Waals surface area contributed by atoms with Crippen LogP contribution in [0.4, 0.5) is 0 Å². The van der Waals surface area contributed by atoms with Crippen LogP contribution in [0.1, 0.15) is 39.2 Å². The van der Waals surface area contributed by atoms with Gasteiger partial charge in [-0.1, -0.05) is 19.9 Å². The molecule has 2 N–H and O–H groups in total. The van der Waals surface area contributed by atoms with E-state index in [2.05, 4.69) is 13.8 Å². The van der Waals surface area contributed by atoms with Crippen molar-refractivity contribution in [3.8, 4) is 11.5 Å². The average molecular weight is 251 g/mol. The normalized spacial score (nSPS) is 12.6. The van der Waals surface area contributed by atoms with Crippen molar-refractivity contribution in [2.75, 3.05) is 7.11 Å². The Morgan fingerprint density at radius 2 is 1.83 bits per heavy atom. The molecule has 0 saturated heterocycles. The van der Waals surface area contributed by atoms with E-state index in [0.717, 1.165) is 30.8 Å². The summed E-state index contributed by atoms with van der Waals surface area (Å²) >= 11 is 0. The molecule has 1 atom stereocenters. The van der Waals surface area contributed by atoms with E-state index >= 15 is 0 Å². The van der Waals surface area contributed by atoms with Gasteiger partial charge in [0.15, 0.2) is 11.5 Å². The molecule has 0 aliphatic heterocycles. The molecule has 0 heterocycles. The number of hydrogen-bond acceptors (Lipinski definition) is 3. The molecule has 18 heavy (non-hydrogen) atoms. The third kappa shape index (κ3) is 4.22. The van der Waals surface area contributed by atoms with E-state index in [1.54, 1.807) is 7.11 Å². The Bertz CT molecular complexity index is 360. The van der Waals surface area contributed by atoms with E-state index in [-0.39, 0.29) is 12.1 Å². The molecule has 3 nitrogen and oxygen atoms in total. The van der Waals surface area contributed by atoms with Crippen LogP contribution in [-0.2, 0) is 6.42 Å². The summed E-state index contributed by atoms with van der Waals surface area (Å²) in [6.07, 6.45) is 3.09. The Hall–Kier alpha value is -1.22. The third-order valence-electron chi connectivity index (χ3n) is 2.99. The molecule has 3 heteroatoms. The molecule has 1 aromatic rings. The minimum absolute atomic E-state index is 0.152. The fraction of sp³-hybridized carbons (Fsp3) is 0.600. The molecular formula is C15H25NO2. The standard InChI is InChI=1S/C15H25NO2/c1-5-13(6-2)18-15-10-12(9-11(3)16)7-8-14(15)17-4/h7-8,10-11,13H,5-6,9,16H2,1-4H3. The van der Waals surface area contributed by atoms with Crippen LogP contribution in [0.15, 0.2) is 18.2 Å². The third-order valence-corrected chi connectivity index (χ3v) is 2.99. The Morgan fingerprint density at radius 1 is 1.17 bits per heavy atom. The van der Waals surface area contributed by atoms with Crippen LogP contribution < -0.4 is 15.2 Å². The van der Waals surface area contributed by atoms with Crippen molar-refractivity contribution in [2.45, 2.75) is 52.2 Å². The lowest BCUT2D eigenvalue weighted by Crippen LogP contribution is -2.18. The minimum Gasteiger partial charge on any atom is -0.493 e. The van der Waals surface area contributed by atoms with Crippen molar-refractivity contribution >= 4 is 0 Å². The molecule has 0 saturated carbocycles. The predicted octanol–water partition coefficient (Wildman–Crippen LogP) is 3.15. The van der Waals surface area contributed by atoms with Crippen LogP contribution in [0.25, 0.3) is 0 Å². The molecular weight excluding hydrogens is 226 g/mol. The van der Waals surface area contributed by atoms with E-state index in [4.69, 9.17) is 15.2 Å². The average Bonchev–Trinajstić information content (AvgIpc) is 2.35. The van der Waals surface area contributed by atoms with Gasteiger partial charge in [0.25, 0.3) is 0 Å². The highest BCUT2D eigenvalue weighted by Crippen LogP contribution is 2.30. The van der Waals surface area contributed by atoms with Gasteiger partial charge in [-0.3, -0.25) is 0 Å². The summed E-state index contributed by atoms with van der Waals surface area (Å²) in [6.45, 7) is 6.27. The van der Waals surface area contributed by atoms with Gasteiger partial charge in [0.1, 0.15) is 0 Å². The van der Waals surface area contributed by atoms with Crippen molar-refractivity contribution in [1.29, 1.82) is 0 Å². The number of hydrogen-bond donors (Lipinski definition) is 1. The summed E-state index contributed by atoms with van der Waals surface area (Å²) < 4.78 is 11.3. The maximum absolute atomic E-state index is 5.99. The summed E-state index contributed by atoms with van der Waals surface area (Å²) in [5, 5.41) is 0. The molecule has 0 spiro atoms. The maximum Gasteiger partial charge on any atom is 0.161 e. The highest BCUT2D eigenvalue weighted by molar-refractivity contribution is 5.43. The lowest BCUT2D eigenvalue weighted by molar-refractivity contribution is 0.185. The van der Waals surface area contributed by atoms with Gasteiger partial charge >= 0.3 is 0 Å². The van der Waals surface area contributed by atoms with Crippen molar-refractivity contribution in [1.82, 2.24) is 0 Å². The maximum atomic E-state index is 5.99. The lowest BCUT2D eigenvalue weighted by atomic mass is 10.1. The first kappa shape index (κ1) is 14.8. The fourth-order valence-corrected chi connectivity index (χ4v) is 1.95. The monoisotopic (exact) mass is 251 g/mol. The highest BCUT2D eigenvalue weighted by Gasteiger charge is 2.11. The van der Waals surface area contributed by atoms with Crippen molar-refractivity contribution in [3.05, 3.63) is 23.8 Å². The van der Waals surface area contributed by atoms with Gasteiger partial charge < -0.3 is 15.2 Å². The summed E-state index contributed by atoms with van der Waals surface area (Å²) in [5.74, 6) is 1.61. The Balaban J connectivity index is 2.90. The molecule has 102 valence electrons. The van der Waals surface area contributed by atoms with Crippen LogP contribution in [-0.4, -0.2) is 19.3 Å². The molecule has 1 rings (SSSR count). The summed E-state index contributed by atoms with van der Waals surface area (Å²) in [5.41, 5.74) is 7.01. The number of nitrogens with two attached hydrogens (primary N) is 1. The van der Waals surface area contributed by atoms with Gasteiger partial charge in [0, 0.05) is 6.04 Å². The van der Waals surface area contributed by atoms with Gasteiger partial charge in [0.05, 0.1) is 13.2 Å². The highest BCUT2D eigenvalue weighted by atomic mass is 16.5. The summed E-state index contributed by atoms with van der Waals surface area (Å²) in [4.78, 5) is 0. The van der Waals surface area contributed by atoms with E-state index in [1.807, 2.05) is 25.1 Å². The number of benzene rings is 1. The van der Waals surface area contributed by atoms with E-state index in [0.29, 0.717) is 0 Å².